The van der Waals surface area contributed by atoms with Crippen LogP contribution in [0.3, 0.4) is 0 Å². The van der Waals surface area contributed by atoms with E-state index in [0.29, 0.717) is 12.4 Å². The molecule has 0 bridgehead atoms. The zero-order valence-electron chi connectivity index (χ0n) is 11.6. The van der Waals surface area contributed by atoms with Gasteiger partial charge in [-0.15, -0.1) is 0 Å². The topological polar surface area (TPSA) is 75.6 Å². The van der Waals surface area contributed by atoms with E-state index in [4.69, 9.17) is 4.74 Å². The van der Waals surface area contributed by atoms with Crippen LogP contribution in [0, 0.1) is 5.92 Å². The van der Waals surface area contributed by atoms with Crippen molar-refractivity contribution in [2.24, 2.45) is 5.92 Å². The van der Waals surface area contributed by atoms with Crippen molar-refractivity contribution in [1.82, 2.24) is 4.72 Å². The van der Waals surface area contributed by atoms with Gasteiger partial charge >= 0.3 is 0 Å². The molecule has 0 aliphatic heterocycles. The number of nitrogens with one attached hydrogen (secondary N) is 1. The minimum absolute atomic E-state index is 0.0208. The summed E-state index contributed by atoms with van der Waals surface area (Å²) in [7, 11) is -3.54. The smallest absolute Gasteiger partial charge is 0.240 e. The Labute approximate surface area is 120 Å². The maximum atomic E-state index is 12.3. The molecule has 1 aromatic carbocycles. The highest BCUT2D eigenvalue weighted by molar-refractivity contribution is 7.89. The van der Waals surface area contributed by atoms with Crippen molar-refractivity contribution in [1.29, 1.82) is 0 Å². The molecule has 1 aliphatic rings. The first-order valence-electron chi connectivity index (χ1n) is 6.93. The van der Waals surface area contributed by atoms with Gasteiger partial charge in [-0.3, -0.25) is 0 Å². The fourth-order valence-corrected chi connectivity index (χ4v) is 3.90. The van der Waals surface area contributed by atoms with E-state index in [1.165, 1.54) is 12.1 Å². The van der Waals surface area contributed by atoms with Crippen molar-refractivity contribution in [3.63, 3.8) is 0 Å². The third-order valence-electron chi connectivity index (χ3n) is 3.65. The Morgan fingerprint density at radius 2 is 2.00 bits per heavy atom. The van der Waals surface area contributed by atoms with Crippen molar-refractivity contribution in [2.75, 3.05) is 13.2 Å². The van der Waals surface area contributed by atoms with E-state index < -0.39 is 10.0 Å². The summed E-state index contributed by atoms with van der Waals surface area (Å²) in [6.45, 7) is 2.45. The average molecular weight is 299 g/mol. The Morgan fingerprint density at radius 1 is 1.30 bits per heavy atom. The van der Waals surface area contributed by atoms with Crippen LogP contribution in [0.2, 0.25) is 0 Å². The summed E-state index contributed by atoms with van der Waals surface area (Å²) in [6.07, 6.45) is 2.59. The molecule has 1 fully saturated rings. The molecule has 0 aromatic heterocycles. The fraction of sp³-hybridized carbons (Fsp3) is 0.571. The van der Waals surface area contributed by atoms with Gasteiger partial charge in [0, 0.05) is 12.6 Å². The number of aliphatic hydroxyl groups excluding tert-OH is 1. The third kappa shape index (κ3) is 3.50. The Kier molecular flexibility index (Phi) is 5.01. The van der Waals surface area contributed by atoms with E-state index >= 15 is 0 Å². The molecule has 5 nitrogen and oxygen atoms in total. The van der Waals surface area contributed by atoms with Gasteiger partial charge in [-0.1, -0.05) is 6.42 Å². The number of hydrogen-bond acceptors (Lipinski definition) is 4. The van der Waals surface area contributed by atoms with E-state index in [9.17, 15) is 13.5 Å². The van der Waals surface area contributed by atoms with E-state index in [1.54, 1.807) is 12.1 Å². The van der Waals surface area contributed by atoms with Crippen molar-refractivity contribution in [3.05, 3.63) is 24.3 Å². The normalized spacial score (nSPS) is 22.9. The SMILES string of the molecule is CCOc1ccc(S(=O)(=O)NC2CCCC2CO)cc1. The van der Waals surface area contributed by atoms with Gasteiger partial charge < -0.3 is 9.84 Å². The number of sulfonamides is 1. The van der Waals surface area contributed by atoms with Crippen LogP contribution >= 0.6 is 0 Å². The van der Waals surface area contributed by atoms with Crippen molar-refractivity contribution < 1.29 is 18.3 Å². The number of hydrogen-bond donors (Lipinski definition) is 2. The molecule has 112 valence electrons. The molecule has 2 atom stereocenters. The molecule has 2 N–H and O–H groups in total. The van der Waals surface area contributed by atoms with E-state index in [2.05, 4.69) is 4.72 Å². The molecule has 20 heavy (non-hydrogen) atoms. The second-order valence-corrected chi connectivity index (χ2v) is 6.72. The minimum atomic E-state index is -3.54. The third-order valence-corrected chi connectivity index (χ3v) is 5.15. The molecule has 0 heterocycles. The molecule has 2 rings (SSSR count). The summed E-state index contributed by atoms with van der Waals surface area (Å²) >= 11 is 0. The molecule has 1 saturated carbocycles. The van der Waals surface area contributed by atoms with Crippen molar-refractivity contribution in [3.8, 4) is 5.75 Å². The van der Waals surface area contributed by atoms with Gasteiger partial charge in [0.25, 0.3) is 0 Å². The summed E-state index contributed by atoms with van der Waals surface area (Å²) in [4.78, 5) is 0.226. The van der Waals surface area contributed by atoms with Gasteiger partial charge in [-0.05, 0) is 49.9 Å². The standard InChI is InChI=1S/C14H21NO4S/c1-2-19-12-6-8-13(9-7-12)20(17,18)15-14-5-3-4-11(14)10-16/h6-9,11,14-16H,2-5,10H2,1H3. The first-order chi connectivity index (χ1) is 9.56. The van der Waals surface area contributed by atoms with E-state index in [1.807, 2.05) is 6.92 Å². The van der Waals surface area contributed by atoms with Gasteiger partial charge in [0.05, 0.1) is 11.5 Å². The predicted octanol–water partition coefficient (Wildman–Crippen LogP) is 1.52. The van der Waals surface area contributed by atoms with Crippen LogP contribution in [0.4, 0.5) is 0 Å². The van der Waals surface area contributed by atoms with Gasteiger partial charge in [-0.2, -0.15) is 0 Å². The maximum Gasteiger partial charge on any atom is 0.240 e. The largest absolute Gasteiger partial charge is 0.494 e. The summed E-state index contributed by atoms with van der Waals surface area (Å²) in [5.41, 5.74) is 0. The minimum Gasteiger partial charge on any atom is -0.494 e. The number of aliphatic hydroxyl groups is 1. The highest BCUT2D eigenvalue weighted by Crippen LogP contribution is 2.27. The monoisotopic (exact) mass is 299 g/mol. The average Bonchev–Trinajstić information content (AvgIpc) is 2.86. The Hall–Kier alpha value is -1.11. The van der Waals surface area contributed by atoms with Crippen LogP contribution in [0.5, 0.6) is 5.75 Å². The molecular weight excluding hydrogens is 278 g/mol. The predicted molar refractivity (Wildman–Crippen MR) is 76.1 cm³/mol. The van der Waals surface area contributed by atoms with Gasteiger partial charge in [0.1, 0.15) is 5.75 Å². The molecule has 0 spiro atoms. The van der Waals surface area contributed by atoms with Crippen LogP contribution in [0.15, 0.2) is 29.2 Å². The lowest BCUT2D eigenvalue weighted by Gasteiger charge is -2.19. The zero-order chi connectivity index (χ0) is 14.6. The van der Waals surface area contributed by atoms with Crippen LogP contribution < -0.4 is 9.46 Å². The lowest BCUT2D eigenvalue weighted by atomic mass is 10.1. The number of rotatable bonds is 6. The van der Waals surface area contributed by atoms with Crippen LogP contribution in [0.25, 0.3) is 0 Å². The van der Waals surface area contributed by atoms with Gasteiger partial charge in [0.15, 0.2) is 0 Å². The maximum absolute atomic E-state index is 12.3. The Balaban J connectivity index is 2.09. The number of benzene rings is 1. The first-order valence-corrected chi connectivity index (χ1v) is 8.41. The molecule has 2 unspecified atom stereocenters. The summed E-state index contributed by atoms with van der Waals surface area (Å²) < 4.78 is 32.6. The molecule has 1 aromatic rings. The molecule has 0 radical (unpaired) electrons. The summed E-state index contributed by atoms with van der Waals surface area (Å²) in [6, 6.07) is 6.20. The van der Waals surface area contributed by atoms with Crippen LogP contribution in [-0.4, -0.2) is 32.8 Å². The Morgan fingerprint density at radius 3 is 2.60 bits per heavy atom. The summed E-state index contributed by atoms with van der Waals surface area (Å²) in [5.74, 6) is 0.674. The first kappa shape index (κ1) is 15.3. The van der Waals surface area contributed by atoms with Crippen molar-refractivity contribution in [2.45, 2.75) is 37.1 Å². The quantitative estimate of drug-likeness (QED) is 0.835. The molecule has 0 saturated heterocycles. The molecule has 0 amide bonds. The lowest BCUT2D eigenvalue weighted by Crippen LogP contribution is -2.38. The highest BCUT2D eigenvalue weighted by Gasteiger charge is 2.30. The highest BCUT2D eigenvalue weighted by atomic mass is 32.2. The van der Waals surface area contributed by atoms with E-state index in [-0.39, 0.29) is 23.5 Å². The second-order valence-electron chi connectivity index (χ2n) is 5.01. The Bertz CT molecular complexity index is 527. The molecular formula is C14H21NO4S. The molecule has 6 heteroatoms. The lowest BCUT2D eigenvalue weighted by molar-refractivity contribution is 0.213. The van der Waals surface area contributed by atoms with Crippen LogP contribution in [0.1, 0.15) is 26.2 Å². The summed E-state index contributed by atoms with van der Waals surface area (Å²) in [5, 5.41) is 9.25. The second kappa shape index (κ2) is 6.56. The fourth-order valence-electron chi connectivity index (χ4n) is 2.56. The van der Waals surface area contributed by atoms with Crippen molar-refractivity contribution >= 4 is 10.0 Å². The zero-order valence-corrected chi connectivity index (χ0v) is 12.4. The number of ether oxygens (including phenoxy) is 1. The van der Waals surface area contributed by atoms with Gasteiger partial charge in [0.2, 0.25) is 10.0 Å². The molecule has 1 aliphatic carbocycles. The van der Waals surface area contributed by atoms with Gasteiger partial charge in [-0.25, -0.2) is 13.1 Å². The van der Waals surface area contributed by atoms with Crippen LogP contribution in [-0.2, 0) is 10.0 Å². The van der Waals surface area contributed by atoms with E-state index in [0.717, 1.165) is 19.3 Å².